The first-order chi connectivity index (χ1) is 10.6. The molecule has 1 saturated heterocycles. The first-order valence-electron chi connectivity index (χ1n) is 7.57. The molecule has 1 fully saturated rings. The molecule has 0 unspecified atom stereocenters. The van der Waals surface area contributed by atoms with Gasteiger partial charge in [0.2, 0.25) is 5.91 Å². The summed E-state index contributed by atoms with van der Waals surface area (Å²) in [5, 5.41) is 13.9. The highest BCUT2D eigenvalue weighted by molar-refractivity contribution is 5.91. The molecular formula is C15H21N5O2. The number of rotatable bonds is 4. The maximum absolute atomic E-state index is 12.1. The van der Waals surface area contributed by atoms with E-state index in [2.05, 4.69) is 31.6 Å². The number of anilines is 1. The summed E-state index contributed by atoms with van der Waals surface area (Å²) in [5.41, 5.74) is 2.17. The number of nitrogens with zero attached hydrogens (tertiary/aromatic N) is 3. The molecule has 118 valence electrons. The van der Waals surface area contributed by atoms with Crippen LogP contribution < -0.4 is 5.32 Å². The molecule has 2 N–H and O–H groups in total. The molecule has 1 aliphatic heterocycles. The summed E-state index contributed by atoms with van der Waals surface area (Å²) in [5.74, 6) is 1.48. The van der Waals surface area contributed by atoms with Gasteiger partial charge in [0.1, 0.15) is 5.76 Å². The Hall–Kier alpha value is -2.15. The number of nitrogens with one attached hydrogen (secondary N) is 2. The molecule has 3 rings (SSSR count). The number of hydrogen-bond acceptors (Lipinski definition) is 5. The highest BCUT2D eigenvalue weighted by Gasteiger charge is 2.24. The minimum Gasteiger partial charge on any atom is -0.360 e. The number of carbonyl (C=O) groups excluding carboxylic acids is 1. The van der Waals surface area contributed by atoms with Crippen LogP contribution in [0.4, 0.5) is 5.82 Å². The normalized spacial score (nSPS) is 19.3. The van der Waals surface area contributed by atoms with E-state index in [1.165, 1.54) is 0 Å². The lowest BCUT2D eigenvalue weighted by Crippen LogP contribution is -2.39. The monoisotopic (exact) mass is 303 g/mol. The van der Waals surface area contributed by atoms with Crippen LogP contribution in [-0.4, -0.2) is 45.8 Å². The van der Waals surface area contributed by atoms with Crippen LogP contribution in [0.25, 0.3) is 0 Å². The fraction of sp³-hybridized carbons (Fsp3) is 0.533. The minimum atomic E-state index is -0.0628. The molecule has 0 aliphatic carbocycles. The maximum atomic E-state index is 12.1. The van der Waals surface area contributed by atoms with Gasteiger partial charge in [-0.2, -0.15) is 5.10 Å². The Bertz CT molecular complexity index is 648. The quantitative estimate of drug-likeness (QED) is 0.900. The molecule has 2 aromatic rings. The highest BCUT2D eigenvalue weighted by Crippen LogP contribution is 2.25. The Balaban J connectivity index is 1.54. The lowest BCUT2D eigenvalue weighted by atomic mass is 9.94. The molecule has 0 bridgehead atoms. The smallest absolute Gasteiger partial charge is 0.239 e. The molecule has 0 aromatic carbocycles. The molecular weight excluding hydrogens is 282 g/mol. The van der Waals surface area contributed by atoms with Gasteiger partial charge in [-0.15, -0.1) is 0 Å². The van der Waals surface area contributed by atoms with Gasteiger partial charge >= 0.3 is 0 Å². The Labute approximate surface area is 129 Å². The third kappa shape index (κ3) is 3.54. The van der Waals surface area contributed by atoms with E-state index in [0.717, 1.165) is 37.3 Å². The van der Waals surface area contributed by atoms with E-state index >= 15 is 0 Å². The van der Waals surface area contributed by atoms with Crippen LogP contribution in [0.2, 0.25) is 0 Å². The van der Waals surface area contributed by atoms with Crippen LogP contribution in [0.1, 0.15) is 35.9 Å². The van der Waals surface area contributed by atoms with Crippen molar-refractivity contribution < 1.29 is 9.32 Å². The van der Waals surface area contributed by atoms with Crippen LogP contribution in [0.15, 0.2) is 16.7 Å². The van der Waals surface area contributed by atoms with Crippen molar-refractivity contribution in [3.8, 4) is 0 Å². The molecule has 7 heteroatoms. The molecule has 1 amide bonds. The third-order valence-corrected chi connectivity index (χ3v) is 3.91. The van der Waals surface area contributed by atoms with Crippen LogP contribution in [0.3, 0.4) is 0 Å². The summed E-state index contributed by atoms with van der Waals surface area (Å²) in [6, 6.07) is 3.80. The van der Waals surface area contributed by atoms with E-state index in [0.29, 0.717) is 24.0 Å². The predicted molar refractivity (Wildman–Crippen MR) is 81.6 cm³/mol. The molecule has 0 spiro atoms. The van der Waals surface area contributed by atoms with E-state index < -0.39 is 0 Å². The van der Waals surface area contributed by atoms with Gasteiger partial charge in [0.05, 0.1) is 12.2 Å². The number of aryl methyl sites for hydroxylation is 2. The van der Waals surface area contributed by atoms with Gasteiger partial charge in [0.25, 0.3) is 0 Å². The molecule has 2 aromatic heterocycles. The number of carbonyl (C=O) groups is 1. The largest absolute Gasteiger partial charge is 0.360 e. The zero-order valence-corrected chi connectivity index (χ0v) is 12.9. The summed E-state index contributed by atoms with van der Waals surface area (Å²) in [7, 11) is 0. The van der Waals surface area contributed by atoms with Crippen LogP contribution in [-0.2, 0) is 4.79 Å². The van der Waals surface area contributed by atoms with E-state index in [9.17, 15) is 4.79 Å². The van der Waals surface area contributed by atoms with E-state index in [-0.39, 0.29) is 5.91 Å². The Morgan fingerprint density at radius 3 is 3.05 bits per heavy atom. The molecule has 22 heavy (non-hydrogen) atoms. The first kappa shape index (κ1) is 14.8. The molecule has 0 saturated carbocycles. The average molecular weight is 303 g/mol. The molecule has 7 nitrogen and oxygen atoms in total. The van der Waals surface area contributed by atoms with Crippen molar-refractivity contribution in [2.75, 3.05) is 25.0 Å². The second-order valence-corrected chi connectivity index (χ2v) is 5.92. The van der Waals surface area contributed by atoms with Gasteiger partial charge in [-0.25, -0.2) is 0 Å². The lowest BCUT2D eigenvalue weighted by molar-refractivity contribution is -0.117. The zero-order chi connectivity index (χ0) is 15.5. The van der Waals surface area contributed by atoms with Crippen molar-refractivity contribution >= 4 is 11.7 Å². The number of amides is 1. The summed E-state index contributed by atoms with van der Waals surface area (Å²) < 4.78 is 4.94. The van der Waals surface area contributed by atoms with Crippen molar-refractivity contribution in [3.63, 3.8) is 0 Å². The van der Waals surface area contributed by atoms with Gasteiger partial charge in [0, 0.05) is 24.2 Å². The van der Waals surface area contributed by atoms with Crippen molar-refractivity contribution in [3.05, 3.63) is 29.3 Å². The molecule has 0 radical (unpaired) electrons. The van der Waals surface area contributed by atoms with Gasteiger partial charge in [-0.3, -0.25) is 14.8 Å². The predicted octanol–water partition coefficient (Wildman–Crippen LogP) is 1.83. The summed E-state index contributed by atoms with van der Waals surface area (Å²) in [6.45, 7) is 5.96. The SMILES string of the molecule is Cc1cc([C@@H]2CCCN(CC(=O)Nc3cc(C)on3)C2)n[nH]1. The van der Waals surface area contributed by atoms with Crippen molar-refractivity contribution in [2.24, 2.45) is 0 Å². The standard InChI is InChI=1S/C15H21N5O2/c1-10-6-13(18-17-10)12-4-3-5-20(8-12)9-15(21)16-14-7-11(2)22-19-14/h6-7,12H,3-5,8-9H2,1-2H3,(H,17,18)(H,16,19,21)/t12-/m1/s1. The minimum absolute atomic E-state index is 0.0628. The second-order valence-electron chi connectivity index (χ2n) is 5.92. The molecule has 1 atom stereocenters. The fourth-order valence-corrected chi connectivity index (χ4v) is 2.90. The third-order valence-electron chi connectivity index (χ3n) is 3.91. The van der Waals surface area contributed by atoms with Crippen LogP contribution in [0.5, 0.6) is 0 Å². The number of hydrogen-bond donors (Lipinski definition) is 2. The average Bonchev–Trinajstić information content (AvgIpc) is 3.08. The van der Waals surface area contributed by atoms with Gasteiger partial charge < -0.3 is 9.84 Å². The Kier molecular flexibility index (Phi) is 4.24. The fourth-order valence-electron chi connectivity index (χ4n) is 2.90. The topological polar surface area (TPSA) is 87.1 Å². The zero-order valence-electron chi connectivity index (χ0n) is 12.9. The summed E-state index contributed by atoms with van der Waals surface area (Å²) >= 11 is 0. The molecule has 3 heterocycles. The number of piperidine rings is 1. The maximum Gasteiger partial charge on any atom is 0.239 e. The van der Waals surface area contributed by atoms with E-state index in [1.807, 2.05) is 6.92 Å². The van der Waals surface area contributed by atoms with Crippen LogP contribution in [0, 0.1) is 13.8 Å². The van der Waals surface area contributed by atoms with Crippen molar-refractivity contribution in [2.45, 2.75) is 32.6 Å². The Morgan fingerprint density at radius 2 is 2.36 bits per heavy atom. The lowest BCUT2D eigenvalue weighted by Gasteiger charge is -2.31. The summed E-state index contributed by atoms with van der Waals surface area (Å²) in [6.07, 6.45) is 2.19. The number of aromatic nitrogens is 3. The van der Waals surface area contributed by atoms with Crippen molar-refractivity contribution in [1.29, 1.82) is 0 Å². The van der Waals surface area contributed by atoms with Gasteiger partial charge in [0.15, 0.2) is 5.82 Å². The highest BCUT2D eigenvalue weighted by atomic mass is 16.5. The van der Waals surface area contributed by atoms with Crippen molar-refractivity contribution in [1.82, 2.24) is 20.3 Å². The second kappa shape index (κ2) is 6.31. The summed E-state index contributed by atoms with van der Waals surface area (Å²) in [4.78, 5) is 14.2. The molecule has 1 aliphatic rings. The van der Waals surface area contributed by atoms with Gasteiger partial charge in [-0.05, 0) is 39.3 Å². The van der Waals surface area contributed by atoms with Crippen LogP contribution >= 0.6 is 0 Å². The number of aromatic amines is 1. The van der Waals surface area contributed by atoms with E-state index in [4.69, 9.17) is 4.52 Å². The van der Waals surface area contributed by atoms with Gasteiger partial charge in [-0.1, -0.05) is 5.16 Å². The first-order valence-corrected chi connectivity index (χ1v) is 7.57. The Morgan fingerprint density at radius 1 is 1.50 bits per heavy atom. The van der Waals surface area contributed by atoms with E-state index in [1.54, 1.807) is 13.0 Å². The number of likely N-dealkylation sites (tertiary alicyclic amines) is 1. The number of H-pyrrole nitrogens is 1.